The van der Waals surface area contributed by atoms with Gasteiger partial charge in [-0.3, -0.25) is 0 Å². The van der Waals surface area contributed by atoms with E-state index in [0.717, 1.165) is 22.6 Å². The second-order valence-electron chi connectivity index (χ2n) is 5.75. The van der Waals surface area contributed by atoms with Crippen LogP contribution in [0.4, 0.5) is 4.39 Å². The van der Waals surface area contributed by atoms with Crippen molar-refractivity contribution in [2.75, 3.05) is 0 Å². The topological polar surface area (TPSA) is 121 Å². The van der Waals surface area contributed by atoms with Gasteiger partial charge in [0.1, 0.15) is 0 Å². The summed E-state index contributed by atoms with van der Waals surface area (Å²) in [4.78, 5) is 29.2. The van der Waals surface area contributed by atoms with E-state index in [2.05, 4.69) is 4.98 Å². The van der Waals surface area contributed by atoms with E-state index in [0.29, 0.717) is 5.56 Å². The number of carbonyl (C=O) groups excluding carboxylic acids is 2. The molecule has 0 saturated heterocycles. The first-order valence-corrected chi connectivity index (χ1v) is 7.49. The quantitative estimate of drug-likeness (QED) is 0.480. The molecule has 4 rings (SSSR count). The Kier molecular flexibility index (Phi) is 3.36. The number of ketones is 2. The van der Waals surface area contributed by atoms with E-state index in [-0.39, 0.29) is 29.1 Å². The molecular weight excluding hydrogens is 342 g/mol. The molecule has 0 bridgehead atoms. The van der Waals surface area contributed by atoms with Crippen LogP contribution in [-0.4, -0.2) is 43.0 Å². The minimum atomic E-state index is -0.721. The number of nitrogens with one attached hydrogen (secondary N) is 1. The fraction of sp³-hybridized carbons (Fsp3) is 0.0625. The van der Waals surface area contributed by atoms with Gasteiger partial charge in [-0.15, -0.1) is 0 Å². The summed E-state index contributed by atoms with van der Waals surface area (Å²) in [6.45, 7) is -0.0757. The molecule has 3 aromatic rings. The van der Waals surface area contributed by atoms with Crippen LogP contribution in [0.1, 0.15) is 37.7 Å². The van der Waals surface area contributed by atoms with Crippen LogP contribution in [-0.2, 0) is 6.54 Å². The monoisotopic (exact) mass is 352 g/mol. The average Bonchev–Trinajstić information content (AvgIpc) is 3.17. The Hall–Kier alpha value is -3.56. The molecule has 128 valence electrons. The van der Waals surface area contributed by atoms with E-state index < -0.39 is 29.1 Å². The number of hydrogen-bond donors (Lipinski definition) is 3. The van der Waals surface area contributed by atoms with Gasteiger partial charge in [0, 0.05) is 0 Å². The Bertz CT molecular complexity index is 1100. The van der Waals surface area contributed by atoms with E-state index >= 15 is 0 Å². The summed E-state index contributed by atoms with van der Waals surface area (Å²) in [6, 6.07) is 5.35. The van der Waals surface area contributed by atoms with E-state index in [9.17, 15) is 24.2 Å². The molecule has 0 spiro atoms. The van der Waals surface area contributed by atoms with Crippen molar-refractivity contribution in [2.45, 2.75) is 6.54 Å². The Balaban J connectivity index is 1.87. The zero-order valence-electron chi connectivity index (χ0n) is 13.1. The number of benzene rings is 1. The number of aromatic hydroxyl groups is 2. The van der Waals surface area contributed by atoms with Gasteiger partial charge < -0.3 is 0 Å². The first-order chi connectivity index (χ1) is 12.4. The third-order valence-electron chi connectivity index (χ3n) is 4.28. The molecule has 0 amide bonds. The normalized spacial score (nSPS) is 12.7. The van der Waals surface area contributed by atoms with Gasteiger partial charge >= 0.3 is 145 Å². The maximum atomic E-state index is 13.0. The first-order valence-electron chi connectivity index (χ1n) is 7.49. The molecule has 2 aromatic heterocycles. The molecule has 0 saturated carbocycles. The second-order valence-corrected chi connectivity index (χ2v) is 5.75. The second kappa shape index (κ2) is 5.48. The van der Waals surface area contributed by atoms with Crippen molar-refractivity contribution in [1.82, 2.24) is 14.0 Å². The molecule has 2 heterocycles. The van der Waals surface area contributed by atoms with Gasteiger partial charge in [0.05, 0.1) is 0 Å². The van der Waals surface area contributed by atoms with E-state index in [1.807, 2.05) is 0 Å². The zero-order valence-corrected chi connectivity index (χ0v) is 13.1. The summed E-state index contributed by atoms with van der Waals surface area (Å²) in [7, 11) is 0.814. The van der Waals surface area contributed by atoms with Crippen molar-refractivity contribution in [3.05, 3.63) is 64.5 Å². The van der Waals surface area contributed by atoms with Crippen LogP contribution in [0.5, 0.6) is 11.8 Å². The number of fused-ring (bicyclic) bond motifs is 2. The summed E-state index contributed by atoms with van der Waals surface area (Å²) >= 11 is 0. The van der Waals surface area contributed by atoms with Crippen LogP contribution in [0.15, 0.2) is 30.6 Å². The molecule has 10 heteroatoms. The van der Waals surface area contributed by atoms with Gasteiger partial charge in [-0.25, -0.2) is 0 Å². The van der Waals surface area contributed by atoms with Crippen LogP contribution >= 0.6 is 0 Å². The Morgan fingerprint density at radius 1 is 1.08 bits per heavy atom. The SMILES string of the molecule is N=Bn1cnc2c1C(=O)c1c(c(O)n(Cc3ccc(F)cc3)c1O)C2=O. The van der Waals surface area contributed by atoms with E-state index in [4.69, 9.17) is 5.31 Å². The Labute approximate surface area is 145 Å². The molecule has 26 heavy (non-hydrogen) atoms. The third-order valence-corrected chi connectivity index (χ3v) is 4.28. The number of hydrogen-bond acceptors (Lipinski definition) is 6. The number of halogens is 1. The van der Waals surface area contributed by atoms with Crippen LogP contribution in [0.25, 0.3) is 0 Å². The van der Waals surface area contributed by atoms with Crippen molar-refractivity contribution < 1.29 is 24.2 Å². The van der Waals surface area contributed by atoms with Crippen LogP contribution in [0.3, 0.4) is 0 Å². The van der Waals surface area contributed by atoms with Crippen molar-refractivity contribution >= 4 is 18.8 Å². The molecule has 1 aliphatic carbocycles. The maximum absolute atomic E-state index is 13.0. The number of nitrogens with zero attached hydrogens (tertiary/aromatic N) is 3. The predicted octanol–water partition coefficient (Wildman–Crippen LogP) is 1.29. The molecule has 3 N–H and O–H groups in total. The van der Waals surface area contributed by atoms with Gasteiger partial charge in [-0.2, -0.15) is 0 Å². The van der Waals surface area contributed by atoms with Gasteiger partial charge in [0.25, 0.3) is 0 Å². The van der Waals surface area contributed by atoms with Crippen LogP contribution < -0.4 is 0 Å². The van der Waals surface area contributed by atoms with Gasteiger partial charge in [0.2, 0.25) is 0 Å². The van der Waals surface area contributed by atoms with E-state index in [1.54, 1.807) is 0 Å². The molecular formula is C16H10BFN4O4. The zero-order chi connectivity index (χ0) is 18.6. The fourth-order valence-electron chi connectivity index (χ4n) is 3.03. The Morgan fingerprint density at radius 2 is 1.69 bits per heavy atom. The molecule has 0 atom stereocenters. The summed E-state index contributed by atoms with van der Waals surface area (Å²) in [5.41, 5.74) is -0.473. The first kappa shape index (κ1) is 15.9. The van der Waals surface area contributed by atoms with Crippen LogP contribution in [0, 0.1) is 11.1 Å². The number of aromatic nitrogens is 3. The standard InChI is InChI=1S/C16H10BFN4O4/c18-8-3-1-7(2-4-8)5-21-15(25)9-10(16(21)26)14(24)12-11(13(9)23)20-6-22(12)17-19/h1-4,6,19,25-26H,5H2. The van der Waals surface area contributed by atoms with Crippen molar-refractivity contribution in [3.8, 4) is 11.8 Å². The summed E-state index contributed by atoms with van der Waals surface area (Å²) in [5, 5.41) is 28.2. The van der Waals surface area contributed by atoms with Crippen molar-refractivity contribution in [3.63, 3.8) is 0 Å². The fourth-order valence-corrected chi connectivity index (χ4v) is 3.03. The van der Waals surface area contributed by atoms with E-state index in [1.165, 1.54) is 24.3 Å². The minimum absolute atomic E-state index is 0.0757. The predicted molar refractivity (Wildman–Crippen MR) is 86.2 cm³/mol. The van der Waals surface area contributed by atoms with Gasteiger partial charge in [-0.1, -0.05) is 0 Å². The third kappa shape index (κ3) is 2.05. The summed E-state index contributed by atoms with van der Waals surface area (Å²) < 4.78 is 15.1. The average molecular weight is 352 g/mol. The van der Waals surface area contributed by atoms with Crippen molar-refractivity contribution in [2.24, 2.45) is 0 Å². The van der Waals surface area contributed by atoms with Crippen molar-refractivity contribution in [1.29, 1.82) is 5.31 Å². The molecule has 0 radical (unpaired) electrons. The number of carbonyl (C=O) groups is 2. The molecule has 0 fully saturated rings. The van der Waals surface area contributed by atoms with Crippen LogP contribution in [0.2, 0.25) is 0 Å². The molecule has 1 aliphatic rings. The Morgan fingerprint density at radius 3 is 2.31 bits per heavy atom. The number of imidazole rings is 1. The van der Waals surface area contributed by atoms with Gasteiger partial charge in [-0.05, 0) is 0 Å². The summed E-state index contributed by atoms with van der Waals surface area (Å²) in [5.74, 6) is -3.04. The molecule has 1 aromatic carbocycles. The molecule has 8 nitrogen and oxygen atoms in total. The summed E-state index contributed by atoms with van der Waals surface area (Å²) in [6.07, 6.45) is 1.14. The van der Waals surface area contributed by atoms with Gasteiger partial charge in [0.15, 0.2) is 0 Å². The molecule has 0 aliphatic heterocycles. The molecule has 0 unspecified atom stereocenters. The number of rotatable bonds is 3.